The molecule has 1 amide bonds. The van der Waals surface area contributed by atoms with Crippen LogP contribution < -0.4 is 5.32 Å². The third-order valence-electron chi connectivity index (χ3n) is 4.89. The number of carbonyl (C=O) groups excluding carboxylic acids is 1. The van der Waals surface area contributed by atoms with E-state index >= 15 is 0 Å². The van der Waals surface area contributed by atoms with Crippen molar-refractivity contribution in [2.24, 2.45) is 0 Å². The lowest BCUT2D eigenvalue weighted by atomic mass is 10.1. The van der Waals surface area contributed by atoms with Crippen molar-refractivity contribution in [2.45, 2.75) is 51.7 Å². The summed E-state index contributed by atoms with van der Waals surface area (Å²) < 4.78 is 12.7. The molecule has 3 heterocycles. The average Bonchev–Trinajstić information content (AvgIpc) is 3.23. The lowest BCUT2D eigenvalue weighted by molar-refractivity contribution is 0.0918. The van der Waals surface area contributed by atoms with Gasteiger partial charge in [-0.1, -0.05) is 0 Å². The largest absolute Gasteiger partial charge is 0.467 e. The Balaban J connectivity index is 1.39. The monoisotopic (exact) mass is 382 g/mol. The molecule has 1 aliphatic rings. The molecule has 148 valence electrons. The van der Waals surface area contributed by atoms with Crippen molar-refractivity contribution in [3.8, 4) is 0 Å². The van der Waals surface area contributed by atoms with Gasteiger partial charge in [-0.25, -0.2) is 9.67 Å². The van der Waals surface area contributed by atoms with E-state index in [1.54, 1.807) is 12.5 Å². The quantitative estimate of drug-likeness (QED) is 0.569. The van der Waals surface area contributed by atoms with Crippen LogP contribution in [0.2, 0.25) is 0 Å². The molecule has 1 saturated carbocycles. The molecular weight excluding hydrogens is 356 g/mol. The van der Waals surface area contributed by atoms with Crippen LogP contribution in [0.25, 0.3) is 11.0 Å². The first-order valence-electron chi connectivity index (χ1n) is 9.90. The second-order valence-corrected chi connectivity index (χ2v) is 7.53. The van der Waals surface area contributed by atoms with Gasteiger partial charge in [-0.15, -0.1) is 0 Å². The third-order valence-corrected chi connectivity index (χ3v) is 4.89. The summed E-state index contributed by atoms with van der Waals surface area (Å²) in [5, 5.41) is 8.26. The third kappa shape index (κ3) is 4.09. The standard InChI is InChI=1S/C21H26N4O3/c1-14(2)25-20-18(12-23-25)17(11-19(24-20)15-6-7-15)21(26)22-8-4-9-27-13-16-5-3-10-28-16/h3,5,10-12,14-15H,4,6-9,13H2,1-2H3,(H,22,26). The highest BCUT2D eigenvalue weighted by Crippen LogP contribution is 2.40. The average molecular weight is 382 g/mol. The Morgan fingerprint density at radius 2 is 2.29 bits per heavy atom. The van der Waals surface area contributed by atoms with Crippen LogP contribution in [0.1, 0.15) is 66.9 Å². The number of ether oxygens (including phenoxy) is 1. The van der Waals surface area contributed by atoms with Crippen molar-refractivity contribution in [1.82, 2.24) is 20.1 Å². The van der Waals surface area contributed by atoms with Gasteiger partial charge in [0.25, 0.3) is 5.91 Å². The number of hydrogen-bond donors (Lipinski definition) is 1. The number of nitrogens with one attached hydrogen (secondary N) is 1. The van der Waals surface area contributed by atoms with Gasteiger partial charge in [-0.05, 0) is 51.3 Å². The van der Waals surface area contributed by atoms with Gasteiger partial charge in [0.2, 0.25) is 0 Å². The van der Waals surface area contributed by atoms with Crippen LogP contribution >= 0.6 is 0 Å². The Labute approximate surface area is 164 Å². The van der Waals surface area contributed by atoms with E-state index in [9.17, 15) is 4.79 Å². The smallest absolute Gasteiger partial charge is 0.252 e. The van der Waals surface area contributed by atoms with Gasteiger partial charge in [-0.2, -0.15) is 5.10 Å². The molecule has 1 aliphatic carbocycles. The fourth-order valence-corrected chi connectivity index (χ4v) is 3.23. The van der Waals surface area contributed by atoms with Crippen LogP contribution in [-0.4, -0.2) is 33.8 Å². The molecule has 7 nitrogen and oxygen atoms in total. The summed E-state index contributed by atoms with van der Waals surface area (Å²) in [5.41, 5.74) is 2.46. The number of pyridine rings is 1. The zero-order valence-corrected chi connectivity index (χ0v) is 16.4. The zero-order valence-electron chi connectivity index (χ0n) is 16.4. The first kappa shape index (κ1) is 18.7. The summed E-state index contributed by atoms with van der Waals surface area (Å²) in [4.78, 5) is 17.6. The van der Waals surface area contributed by atoms with Crippen molar-refractivity contribution in [1.29, 1.82) is 0 Å². The van der Waals surface area contributed by atoms with Crippen molar-refractivity contribution >= 4 is 16.9 Å². The number of amides is 1. The number of carbonyl (C=O) groups is 1. The van der Waals surface area contributed by atoms with Gasteiger partial charge in [0.15, 0.2) is 5.65 Å². The van der Waals surface area contributed by atoms with Crippen molar-refractivity contribution in [3.05, 3.63) is 47.7 Å². The Hall–Kier alpha value is -2.67. The molecule has 0 atom stereocenters. The number of rotatable bonds is 9. The number of fused-ring (bicyclic) bond motifs is 1. The highest BCUT2D eigenvalue weighted by molar-refractivity contribution is 6.05. The number of furan rings is 1. The van der Waals surface area contributed by atoms with Gasteiger partial charge in [0, 0.05) is 30.8 Å². The number of nitrogens with zero attached hydrogens (tertiary/aromatic N) is 3. The van der Waals surface area contributed by atoms with Gasteiger partial charge >= 0.3 is 0 Å². The fraction of sp³-hybridized carbons (Fsp3) is 0.476. The Kier molecular flexibility index (Phi) is 5.43. The van der Waals surface area contributed by atoms with Crippen molar-refractivity contribution in [2.75, 3.05) is 13.2 Å². The molecule has 0 spiro atoms. The minimum Gasteiger partial charge on any atom is -0.467 e. The van der Waals surface area contributed by atoms with Gasteiger partial charge in [0.05, 0.1) is 23.4 Å². The SMILES string of the molecule is CC(C)n1ncc2c(C(=O)NCCCOCc3ccco3)cc(C3CC3)nc21. The molecule has 28 heavy (non-hydrogen) atoms. The van der Waals surface area contributed by atoms with E-state index < -0.39 is 0 Å². The normalized spacial score (nSPS) is 14.1. The topological polar surface area (TPSA) is 82.2 Å². The zero-order chi connectivity index (χ0) is 19.5. The van der Waals surface area contributed by atoms with E-state index in [2.05, 4.69) is 24.3 Å². The maximum absolute atomic E-state index is 12.8. The molecule has 0 unspecified atom stereocenters. The Morgan fingerprint density at radius 1 is 1.43 bits per heavy atom. The summed E-state index contributed by atoms with van der Waals surface area (Å²) >= 11 is 0. The Bertz CT molecular complexity index is 942. The van der Waals surface area contributed by atoms with Crippen molar-refractivity contribution < 1.29 is 13.9 Å². The number of hydrogen-bond acceptors (Lipinski definition) is 5. The molecule has 0 bridgehead atoms. The molecule has 4 rings (SSSR count). The second kappa shape index (κ2) is 8.14. The highest BCUT2D eigenvalue weighted by atomic mass is 16.5. The van der Waals surface area contributed by atoms with E-state index in [1.807, 2.05) is 22.9 Å². The minimum absolute atomic E-state index is 0.0800. The maximum atomic E-state index is 12.8. The van der Waals surface area contributed by atoms with Crippen LogP contribution in [-0.2, 0) is 11.3 Å². The van der Waals surface area contributed by atoms with Crippen LogP contribution in [0.5, 0.6) is 0 Å². The predicted molar refractivity (Wildman–Crippen MR) is 105 cm³/mol. The van der Waals surface area contributed by atoms with Crippen LogP contribution in [0.4, 0.5) is 0 Å². The molecular formula is C21H26N4O3. The van der Waals surface area contributed by atoms with E-state index in [4.69, 9.17) is 14.1 Å². The summed E-state index contributed by atoms with van der Waals surface area (Å²) in [6.07, 6.45) is 6.40. The first-order valence-corrected chi connectivity index (χ1v) is 9.90. The molecule has 3 aromatic heterocycles. The van der Waals surface area contributed by atoms with Gasteiger partial charge < -0.3 is 14.5 Å². The summed E-state index contributed by atoms with van der Waals surface area (Å²) in [5.74, 6) is 1.20. The molecule has 3 aromatic rings. The van der Waals surface area contributed by atoms with Crippen LogP contribution in [0.3, 0.4) is 0 Å². The molecule has 0 radical (unpaired) electrons. The minimum atomic E-state index is -0.0800. The molecule has 0 saturated heterocycles. The molecule has 0 aliphatic heterocycles. The van der Waals surface area contributed by atoms with E-state index in [0.29, 0.717) is 31.2 Å². The summed E-state index contributed by atoms with van der Waals surface area (Å²) in [7, 11) is 0. The first-order chi connectivity index (χ1) is 13.6. The molecule has 1 fully saturated rings. The summed E-state index contributed by atoms with van der Waals surface area (Å²) in [6, 6.07) is 5.85. The van der Waals surface area contributed by atoms with Gasteiger partial charge in [-0.3, -0.25) is 4.79 Å². The van der Waals surface area contributed by atoms with E-state index in [1.165, 1.54) is 0 Å². The lowest BCUT2D eigenvalue weighted by Gasteiger charge is -2.11. The number of aromatic nitrogens is 3. The predicted octanol–water partition coefficient (Wildman–Crippen LogP) is 3.82. The highest BCUT2D eigenvalue weighted by Gasteiger charge is 2.28. The van der Waals surface area contributed by atoms with Gasteiger partial charge in [0.1, 0.15) is 12.4 Å². The molecule has 1 N–H and O–H groups in total. The second-order valence-electron chi connectivity index (χ2n) is 7.53. The maximum Gasteiger partial charge on any atom is 0.252 e. The van der Waals surface area contributed by atoms with Crippen LogP contribution in [0, 0.1) is 0 Å². The van der Waals surface area contributed by atoms with E-state index in [-0.39, 0.29) is 11.9 Å². The lowest BCUT2D eigenvalue weighted by Crippen LogP contribution is -2.25. The van der Waals surface area contributed by atoms with Crippen molar-refractivity contribution in [3.63, 3.8) is 0 Å². The molecule has 0 aromatic carbocycles. The summed E-state index contributed by atoms with van der Waals surface area (Å²) in [6.45, 7) is 5.70. The molecule has 7 heteroatoms. The van der Waals surface area contributed by atoms with E-state index in [0.717, 1.165) is 41.8 Å². The Morgan fingerprint density at radius 3 is 3.00 bits per heavy atom. The fourth-order valence-electron chi connectivity index (χ4n) is 3.23. The van der Waals surface area contributed by atoms with Crippen LogP contribution in [0.15, 0.2) is 35.1 Å².